The van der Waals surface area contributed by atoms with E-state index in [0.29, 0.717) is 35.6 Å². The number of amides is 2. The normalized spacial score (nSPS) is 15.4. The molecule has 2 aromatic carbocycles. The molecule has 2 aromatic rings. The maximum absolute atomic E-state index is 12.4. The Balaban J connectivity index is 1.72. The van der Waals surface area contributed by atoms with Gasteiger partial charge in [-0.1, -0.05) is 11.6 Å². The van der Waals surface area contributed by atoms with Crippen LogP contribution in [-0.2, 0) is 14.8 Å². The van der Waals surface area contributed by atoms with Crippen molar-refractivity contribution < 1.29 is 18.0 Å². The van der Waals surface area contributed by atoms with Gasteiger partial charge in [-0.15, -0.1) is 0 Å². The Morgan fingerprint density at radius 3 is 2.33 bits per heavy atom. The molecule has 1 heterocycles. The van der Waals surface area contributed by atoms with Crippen LogP contribution >= 0.6 is 11.6 Å². The van der Waals surface area contributed by atoms with E-state index in [2.05, 4.69) is 10.6 Å². The highest BCUT2D eigenvalue weighted by molar-refractivity contribution is 7.93. The predicted molar refractivity (Wildman–Crippen MR) is 106 cm³/mol. The van der Waals surface area contributed by atoms with Gasteiger partial charge in [0.25, 0.3) is 5.91 Å². The van der Waals surface area contributed by atoms with E-state index in [1.165, 1.54) is 11.2 Å². The van der Waals surface area contributed by atoms with Crippen molar-refractivity contribution in [1.29, 1.82) is 0 Å². The summed E-state index contributed by atoms with van der Waals surface area (Å²) in [6.07, 6.45) is 0.595. The van der Waals surface area contributed by atoms with Crippen LogP contribution in [0, 0.1) is 0 Å². The summed E-state index contributed by atoms with van der Waals surface area (Å²) in [4.78, 5) is 23.5. The summed E-state index contributed by atoms with van der Waals surface area (Å²) >= 11 is 6.15. The lowest BCUT2D eigenvalue weighted by Gasteiger charge is -2.17. The number of anilines is 3. The number of nitrogens with one attached hydrogen (secondary N) is 2. The SMILES string of the molecule is CC(=O)Nc1ccc(NC(=O)c2ccc(N3CCCS3(=O)=O)cc2)c(Cl)c1. The molecule has 27 heavy (non-hydrogen) atoms. The Labute approximate surface area is 162 Å². The van der Waals surface area contributed by atoms with Gasteiger partial charge in [0.15, 0.2) is 0 Å². The second-order valence-electron chi connectivity index (χ2n) is 6.12. The van der Waals surface area contributed by atoms with Crippen molar-refractivity contribution in [3.05, 3.63) is 53.1 Å². The van der Waals surface area contributed by atoms with Crippen LogP contribution in [0.5, 0.6) is 0 Å². The van der Waals surface area contributed by atoms with Crippen LogP contribution in [0.3, 0.4) is 0 Å². The van der Waals surface area contributed by atoms with Gasteiger partial charge in [0, 0.05) is 24.7 Å². The van der Waals surface area contributed by atoms with Gasteiger partial charge in [0.05, 0.1) is 22.2 Å². The number of nitrogens with zero attached hydrogens (tertiary/aromatic N) is 1. The van der Waals surface area contributed by atoms with Crippen molar-refractivity contribution in [2.45, 2.75) is 13.3 Å². The van der Waals surface area contributed by atoms with Crippen molar-refractivity contribution in [1.82, 2.24) is 0 Å². The van der Waals surface area contributed by atoms with Crippen LogP contribution in [0.4, 0.5) is 17.1 Å². The van der Waals surface area contributed by atoms with E-state index < -0.39 is 10.0 Å². The van der Waals surface area contributed by atoms with Crippen LogP contribution in [-0.4, -0.2) is 32.5 Å². The molecule has 0 bridgehead atoms. The van der Waals surface area contributed by atoms with E-state index in [9.17, 15) is 18.0 Å². The Kier molecular flexibility index (Phi) is 5.38. The molecule has 0 aromatic heterocycles. The fraction of sp³-hybridized carbons (Fsp3) is 0.222. The van der Waals surface area contributed by atoms with Gasteiger partial charge in [-0.25, -0.2) is 8.42 Å². The first kappa shape index (κ1) is 19.2. The van der Waals surface area contributed by atoms with Gasteiger partial charge >= 0.3 is 0 Å². The highest BCUT2D eigenvalue weighted by Crippen LogP contribution is 2.27. The first-order chi connectivity index (χ1) is 12.8. The number of carbonyl (C=O) groups excluding carboxylic acids is 2. The standard InChI is InChI=1S/C18H18ClN3O4S/c1-12(23)20-14-5-8-17(16(19)11-14)21-18(24)13-3-6-15(7-4-13)22-9-2-10-27(22,25)26/h3-8,11H,2,9-10H2,1H3,(H,20,23)(H,21,24). The summed E-state index contributed by atoms with van der Waals surface area (Å²) in [6.45, 7) is 1.84. The summed E-state index contributed by atoms with van der Waals surface area (Å²) in [7, 11) is -3.25. The van der Waals surface area contributed by atoms with Crippen LogP contribution in [0.2, 0.25) is 5.02 Å². The second-order valence-corrected chi connectivity index (χ2v) is 8.54. The lowest BCUT2D eigenvalue weighted by atomic mass is 10.2. The molecule has 0 unspecified atom stereocenters. The summed E-state index contributed by atoms with van der Waals surface area (Å²) in [5.74, 6) is -0.453. The van der Waals surface area contributed by atoms with Gasteiger partial charge in [0.1, 0.15) is 0 Å². The fourth-order valence-corrected chi connectivity index (χ4v) is 4.59. The molecular formula is C18H18ClN3O4S. The maximum Gasteiger partial charge on any atom is 0.255 e. The molecule has 1 saturated heterocycles. The van der Waals surface area contributed by atoms with E-state index in [1.54, 1.807) is 42.5 Å². The van der Waals surface area contributed by atoms with Crippen molar-refractivity contribution in [3.63, 3.8) is 0 Å². The Morgan fingerprint density at radius 1 is 1.07 bits per heavy atom. The largest absolute Gasteiger partial charge is 0.326 e. The number of carbonyl (C=O) groups is 2. The van der Waals surface area contributed by atoms with E-state index >= 15 is 0 Å². The highest BCUT2D eigenvalue weighted by Gasteiger charge is 2.28. The molecule has 1 aliphatic heterocycles. The lowest BCUT2D eigenvalue weighted by molar-refractivity contribution is -0.114. The van der Waals surface area contributed by atoms with Gasteiger partial charge < -0.3 is 10.6 Å². The number of hydrogen-bond donors (Lipinski definition) is 2. The van der Waals surface area contributed by atoms with E-state index in [4.69, 9.17) is 11.6 Å². The monoisotopic (exact) mass is 407 g/mol. The fourth-order valence-electron chi connectivity index (χ4n) is 2.80. The third-order valence-corrected chi connectivity index (χ3v) is 6.24. The first-order valence-electron chi connectivity index (χ1n) is 8.25. The molecular weight excluding hydrogens is 390 g/mol. The molecule has 7 nitrogen and oxygen atoms in total. The molecule has 2 N–H and O–H groups in total. The highest BCUT2D eigenvalue weighted by atomic mass is 35.5. The second kappa shape index (κ2) is 7.58. The molecule has 0 spiro atoms. The molecule has 142 valence electrons. The molecule has 0 aliphatic carbocycles. The predicted octanol–water partition coefficient (Wildman–Crippen LogP) is 3.09. The number of benzene rings is 2. The summed E-state index contributed by atoms with van der Waals surface area (Å²) in [6, 6.07) is 11.1. The van der Waals surface area contributed by atoms with Crippen LogP contribution in [0.1, 0.15) is 23.7 Å². The van der Waals surface area contributed by atoms with Crippen LogP contribution < -0.4 is 14.9 Å². The molecule has 9 heteroatoms. The minimum atomic E-state index is -3.25. The zero-order chi connectivity index (χ0) is 19.6. The van der Waals surface area contributed by atoms with Crippen LogP contribution in [0.15, 0.2) is 42.5 Å². The van der Waals surface area contributed by atoms with Crippen LogP contribution in [0.25, 0.3) is 0 Å². The van der Waals surface area contributed by atoms with Gasteiger partial charge in [-0.3, -0.25) is 13.9 Å². The molecule has 0 atom stereocenters. The number of hydrogen-bond acceptors (Lipinski definition) is 4. The first-order valence-corrected chi connectivity index (χ1v) is 10.2. The van der Waals surface area contributed by atoms with E-state index in [1.807, 2.05) is 0 Å². The molecule has 1 fully saturated rings. The molecule has 2 amide bonds. The molecule has 3 rings (SSSR count). The van der Waals surface area contributed by atoms with E-state index in [-0.39, 0.29) is 22.6 Å². The number of halogens is 1. The van der Waals surface area contributed by atoms with Crippen molar-refractivity contribution in [3.8, 4) is 0 Å². The molecule has 0 radical (unpaired) electrons. The Hall–Kier alpha value is -2.58. The average molecular weight is 408 g/mol. The number of sulfonamides is 1. The Morgan fingerprint density at radius 2 is 1.78 bits per heavy atom. The van der Waals surface area contributed by atoms with E-state index in [0.717, 1.165) is 0 Å². The molecule has 1 aliphatic rings. The minimum absolute atomic E-state index is 0.141. The van der Waals surface area contributed by atoms with Gasteiger partial charge in [-0.05, 0) is 48.9 Å². The van der Waals surface area contributed by atoms with Crippen molar-refractivity contribution in [2.24, 2.45) is 0 Å². The summed E-state index contributed by atoms with van der Waals surface area (Å²) in [5, 5.41) is 5.59. The van der Waals surface area contributed by atoms with Crippen molar-refractivity contribution >= 4 is 50.5 Å². The zero-order valence-corrected chi connectivity index (χ0v) is 16.1. The minimum Gasteiger partial charge on any atom is -0.326 e. The maximum atomic E-state index is 12.4. The summed E-state index contributed by atoms with van der Waals surface area (Å²) in [5.41, 5.74) is 1.85. The third kappa shape index (κ3) is 4.40. The smallest absolute Gasteiger partial charge is 0.255 e. The van der Waals surface area contributed by atoms with Gasteiger partial charge in [-0.2, -0.15) is 0 Å². The third-order valence-electron chi connectivity index (χ3n) is 4.05. The zero-order valence-electron chi connectivity index (χ0n) is 14.5. The van der Waals surface area contributed by atoms with Gasteiger partial charge in [0.2, 0.25) is 15.9 Å². The Bertz CT molecular complexity index is 990. The lowest BCUT2D eigenvalue weighted by Crippen LogP contribution is -2.25. The topological polar surface area (TPSA) is 95.6 Å². The van der Waals surface area contributed by atoms with Crippen molar-refractivity contribution in [2.75, 3.05) is 27.2 Å². The molecule has 0 saturated carbocycles. The quantitative estimate of drug-likeness (QED) is 0.814. The number of rotatable bonds is 4. The average Bonchev–Trinajstić information content (AvgIpc) is 2.96. The summed E-state index contributed by atoms with van der Waals surface area (Å²) < 4.78 is 25.3.